The van der Waals surface area contributed by atoms with Crippen LogP contribution in [0.1, 0.15) is 32.7 Å². The average molecular weight is 539 g/mol. The maximum atomic E-state index is 14.2. The third-order valence-electron chi connectivity index (χ3n) is 4.99. The average Bonchev–Trinajstić information content (AvgIpc) is 3.00. The molecule has 1 aliphatic heterocycles. The molecule has 1 saturated carbocycles. The van der Waals surface area contributed by atoms with Gasteiger partial charge in [0, 0.05) is 18.3 Å². The Morgan fingerprint density at radius 2 is 2.12 bits per heavy atom. The molecule has 1 aromatic heterocycles. The largest absolute Gasteiger partial charge is 0.465 e. The molecule has 13 heteroatoms. The van der Waals surface area contributed by atoms with E-state index in [-0.39, 0.29) is 19.6 Å². The number of thiazole rings is 1. The van der Waals surface area contributed by atoms with Crippen molar-refractivity contribution in [2.75, 3.05) is 13.2 Å². The molecule has 2 amide bonds. The van der Waals surface area contributed by atoms with E-state index in [2.05, 4.69) is 31.7 Å². The maximum Gasteiger partial charge on any atom is 0.408 e. The number of hydrazine groups is 1. The monoisotopic (exact) mass is 538 g/mol. The molecule has 1 aromatic rings. The zero-order valence-corrected chi connectivity index (χ0v) is 20.4. The minimum absolute atomic E-state index is 0.0150. The first-order valence-electron chi connectivity index (χ1n) is 10.0. The van der Waals surface area contributed by atoms with Gasteiger partial charge in [0.1, 0.15) is 22.3 Å². The summed E-state index contributed by atoms with van der Waals surface area (Å²) in [6.45, 7) is 6.31. The lowest BCUT2D eigenvalue weighted by Crippen LogP contribution is -2.61. The van der Waals surface area contributed by atoms with Crippen LogP contribution in [-0.4, -0.2) is 64.7 Å². The molecule has 2 unspecified atom stereocenters. The van der Waals surface area contributed by atoms with Crippen molar-refractivity contribution in [2.24, 2.45) is 11.8 Å². The van der Waals surface area contributed by atoms with Crippen LogP contribution in [0.3, 0.4) is 0 Å². The number of alkyl halides is 2. The van der Waals surface area contributed by atoms with Gasteiger partial charge in [0.25, 0.3) is 11.8 Å². The molecule has 2 N–H and O–H groups in total. The van der Waals surface area contributed by atoms with Gasteiger partial charge in [0.2, 0.25) is 0 Å². The number of hydrogen-bond donors (Lipinski definition) is 2. The number of ether oxygens (including phenoxy) is 2. The van der Waals surface area contributed by atoms with E-state index in [1.807, 2.05) is 0 Å². The standard InChI is InChI=1S/C19H25BrF2N4O5S/c1-5-30-16(28)14-13-9(19(13,21)22)7-26(25-14)15(27)10(6-12-24-11(20)8-32-12)23-17(29)31-18(2,3)4/h8-10,13-14,25H,5-7H2,1-4H3,(H,23,29)/t9?,10-,13?,14-/m0/s1. The molecule has 2 heterocycles. The van der Waals surface area contributed by atoms with Crippen LogP contribution in [0.5, 0.6) is 0 Å². The third-order valence-corrected chi connectivity index (χ3v) is 6.57. The van der Waals surface area contributed by atoms with Gasteiger partial charge in [-0.1, -0.05) is 0 Å². The van der Waals surface area contributed by atoms with Gasteiger partial charge in [0.05, 0.1) is 23.5 Å². The summed E-state index contributed by atoms with van der Waals surface area (Å²) >= 11 is 4.50. The summed E-state index contributed by atoms with van der Waals surface area (Å²) < 4.78 is 39.2. The Labute approximate surface area is 196 Å². The second-order valence-electron chi connectivity index (χ2n) is 8.58. The van der Waals surface area contributed by atoms with E-state index < -0.39 is 53.4 Å². The molecule has 32 heavy (non-hydrogen) atoms. The SMILES string of the molecule is CCOC(=O)[C@H]1NN(C(=O)[C@H](Cc2nc(Br)cs2)NC(=O)OC(C)(C)C)CC2C1C2(F)F. The molecule has 2 fully saturated rings. The van der Waals surface area contributed by atoms with Gasteiger partial charge in [-0.2, -0.15) is 0 Å². The van der Waals surface area contributed by atoms with Crippen molar-refractivity contribution >= 4 is 45.2 Å². The number of carbonyl (C=O) groups excluding carboxylic acids is 3. The third kappa shape index (κ3) is 5.54. The van der Waals surface area contributed by atoms with Gasteiger partial charge in [-0.05, 0) is 43.6 Å². The summed E-state index contributed by atoms with van der Waals surface area (Å²) in [4.78, 5) is 42.1. The highest BCUT2D eigenvalue weighted by Gasteiger charge is 2.75. The van der Waals surface area contributed by atoms with E-state index >= 15 is 0 Å². The van der Waals surface area contributed by atoms with Crippen LogP contribution in [0.4, 0.5) is 13.6 Å². The fraction of sp³-hybridized carbons (Fsp3) is 0.684. The smallest absolute Gasteiger partial charge is 0.408 e. The summed E-state index contributed by atoms with van der Waals surface area (Å²) in [6, 6.07) is -2.51. The van der Waals surface area contributed by atoms with Crippen molar-refractivity contribution in [1.29, 1.82) is 0 Å². The second kappa shape index (κ2) is 9.18. The zero-order chi connectivity index (χ0) is 23.8. The summed E-state index contributed by atoms with van der Waals surface area (Å²) in [5.41, 5.74) is 1.79. The molecular formula is C19H25BrF2N4O5S. The van der Waals surface area contributed by atoms with Crippen LogP contribution in [0.25, 0.3) is 0 Å². The first-order chi connectivity index (χ1) is 14.8. The highest BCUT2D eigenvalue weighted by molar-refractivity contribution is 9.10. The molecule has 0 radical (unpaired) electrons. The van der Waals surface area contributed by atoms with Gasteiger partial charge < -0.3 is 14.8 Å². The highest BCUT2D eigenvalue weighted by Crippen LogP contribution is 2.58. The van der Waals surface area contributed by atoms with Gasteiger partial charge in [0.15, 0.2) is 0 Å². The number of esters is 1. The number of rotatable bonds is 6. The van der Waals surface area contributed by atoms with E-state index in [9.17, 15) is 23.2 Å². The number of carbonyl (C=O) groups is 3. The Balaban J connectivity index is 1.79. The molecule has 4 atom stereocenters. The number of alkyl carbamates (subject to hydrolysis) is 1. The minimum atomic E-state index is -3.09. The number of nitrogens with one attached hydrogen (secondary N) is 2. The van der Waals surface area contributed by atoms with Crippen LogP contribution < -0.4 is 10.7 Å². The van der Waals surface area contributed by atoms with Crippen molar-refractivity contribution in [3.05, 3.63) is 15.0 Å². The van der Waals surface area contributed by atoms with Crippen molar-refractivity contribution in [2.45, 2.75) is 57.7 Å². The molecule has 1 saturated heterocycles. The fourth-order valence-corrected chi connectivity index (χ4v) is 4.90. The number of hydrogen-bond acceptors (Lipinski definition) is 8. The van der Waals surface area contributed by atoms with Gasteiger partial charge in [-0.25, -0.2) is 24.0 Å². The molecule has 2 aliphatic rings. The molecule has 9 nitrogen and oxygen atoms in total. The molecule has 3 rings (SSSR count). The number of fused-ring (bicyclic) bond motifs is 1. The molecule has 0 bridgehead atoms. The van der Waals surface area contributed by atoms with Crippen molar-refractivity contribution in [1.82, 2.24) is 20.7 Å². The quantitative estimate of drug-likeness (QED) is 0.535. The lowest BCUT2D eigenvalue weighted by Gasteiger charge is -2.34. The zero-order valence-electron chi connectivity index (χ0n) is 18.0. The predicted molar refractivity (Wildman–Crippen MR) is 114 cm³/mol. The van der Waals surface area contributed by atoms with E-state index in [0.717, 1.165) is 5.01 Å². The lowest BCUT2D eigenvalue weighted by atomic mass is 10.1. The van der Waals surface area contributed by atoms with E-state index in [1.54, 1.807) is 33.1 Å². The first kappa shape index (κ1) is 24.8. The summed E-state index contributed by atoms with van der Waals surface area (Å²) in [5, 5.41) is 5.73. The summed E-state index contributed by atoms with van der Waals surface area (Å²) in [7, 11) is 0. The summed E-state index contributed by atoms with van der Waals surface area (Å²) in [5.74, 6) is -7.03. The molecule has 0 spiro atoms. The van der Waals surface area contributed by atoms with Crippen molar-refractivity contribution in [3.63, 3.8) is 0 Å². The highest BCUT2D eigenvalue weighted by atomic mass is 79.9. The molecule has 178 valence electrons. The second-order valence-corrected chi connectivity index (χ2v) is 10.3. The lowest BCUT2D eigenvalue weighted by molar-refractivity contribution is -0.153. The van der Waals surface area contributed by atoms with Crippen LogP contribution in [0, 0.1) is 11.8 Å². The van der Waals surface area contributed by atoms with Crippen molar-refractivity contribution in [3.8, 4) is 0 Å². The minimum Gasteiger partial charge on any atom is -0.465 e. The van der Waals surface area contributed by atoms with Gasteiger partial charge in [-0.3, -0.25) is 14.6 Å². The number of halogens is 3. The van der Waals surface area contributed by atoms with Crippen LogP contribution >= 0.6 is 27.3 Å². The van der Waals surface area contributed by atoms with Crippen LogP contribution in [-0.2, 0) is 25.5 Å². The van der Waals surface area contributed by atoms with E-state index in [0.29, 0.717) is 9.61 Å². The van der Waals surface area contributed by atoms with E-state index in [1.165, 1.54) is 11.3 Å². The van der Waals surface area contributed by atoms with Crippen molar-refractivity contribution < 1.29 is 32.6 Å². The van der Waals surface area contributed by atoms with Gasteiger partial charge >= 0.3 is 12.1 Å². The Morgan fingerprint density at radius 1 is 1.44 bits per heavy atom. The Hall–Kier alpha value is -1.86. The Bertz CT molecular complexity index is 893. The van der Waals surface area contributed by atoms with Gasteiger partial charge in [-0.15, -0.1) is 11.3 Å². The maximum absolute atomic E-state index is 14.2. The Kier molecular flexibility index (Phi) is 7.11. The molecule has 0 aromatic carbocycles. The van der Waals surface area contributed by atoms with E-state index in [4.69, 9.17) is 9.47 Å². The first-order valence-corrected chi connectivity index (χ1v) is 11.7. The number of nitrogens with zero attached hydrogens (tertiary/aromatic N) is 2. The number of amides is 2. The molecule has 1 aliphatic carbocycles. The predicted octanol–water partition coefficient (Wildman–Crippen LogP) is 2.50. The normalized spacial score (nSPS) is 24.8. The van der Waals surface area contributed by atoms with Crippen LogP contribution in [0.15, 0.2) is 9.98 Å². The summed E-state index contributed by atoms with van der Waals surface area (Å²) in [6.07, 6.45) is -0.818. The topological polar surface area (TPSA) is 110 Å². The fourth-order valence-electron chi connectivity index (χ4n) is 3.58. The number of aromatic nitrogens is 1. The Morgan fingerprint density at radius 3 is 2.69 bits per heavy atom. The van der Waals surface area contributed by atoms with Crippen LogP contribution in [0.2, 0.25) is 0 Å². The molecular weight excluding hydrogens is 514 g/mol.